The minimum Gasteiger partial charge on any atom is -0.346 e. The first-order chi connectivity index (χ1) is 6.24. The average molecular weight is 242 g/mol. The van der Waals surface area contributed by atoms with Crippen LogP contribution in [0.15, 0.2) is 28.7 Å². The van der Waals surface area contributed by atoms with Crippen molar-refractivity contribution in [1.29, 1.82) is 0 Å². The first-order valence-electron chi connectivity index (χ1n) is 3.70. The summed E-state index contributed by atoms with van der Waals surface area (Å²) in [6.07, 6.45) is 0.261. The molecule has 0 radical (unpaired) electrons. The van der Waals surface area contributed by atoms with Gasteiger partial charge in [0.1, 0.15) is 0 Å². The highest BCUT2D eigenvalue weighted by Crippen LogP contribution is 2.14. The molecule has 0 aromatic heterocycles. The van der Waals surface area contributed by atoms with Gasteiger partial charge in [0.25, 0.3) is 5.91 Å². The first kappa shape index (κ1) is 9.92. The van der Waals surface area contributed by atoms with Crippen LogP contribution in [0.1, 0.15) is 5.56 Å². The van der Waals surface area contributed by atoms with Crippen molar-refractivity contribution in [2.45, 2.75) is 6.54 Å². The summed E-state index contributed by atoms with van der Waals surface area (Å²) in [4.78, 5) is 20.6. The van der Waals surface area contributed by atoms with Crippen LogP contribution in [-0.4, -0.2) is 12.2 Å². The number of carbonyl (C=O) groups is 2. The zero-order chi connectivity index (χ0) is 9.68. The molecule has 0 saturated heterocycles. The molecule has 1 rings (SSSR count). The van der Waals surface area contributed by atoms with Crippen LogP contribution in [0, 0.1) is 0 Å². The molecule has 0 aliphatic heterocycles. The second kappa shape index (κ2) is 4.77. The summed E-state index contributed by atoms with van der Waals surface area (Å²) in [5.41, 5.74) is 0.942. The van der Waals surface area contributed by atoms with E-state index in [0.29, 0.717) is 6.54 Å². The molecule has 1 aromatic rings. The van der Waals surface area contributed by atoms with Gasteiger partial charge in [0.05, 0.1) is 0 Å². The molecule has 0 spiro atoms. The molecule has 0 aliphatic rings. The predicted octanol–water partition coefficient (Wildman–Crippen LogP) is 1.26. The lowest BCUT2D eigenvalue weighted by Gasteiger charge is -2.03. The van der Waals surface area contributed by atoms with E-state index in [9.17, 15) is 9.59 Å². The minimum atomic E-state index is -0.601. The summed E-state index contributed by atoms with van der Waals surface area (Å²) < 4.78 is 0.918. The number of hydrogen-bond acceptors (Lipinski definition) is 2. The highest BCUT2D eigenvalue weighted by atomic mass is 79.9. The normalized spacial score (nSPS) is 9.31. The van der Waals surface area contributed by atoms with E-state index in [1.807, 2.05) is 24.3 Å². The lowest BCUT2D eigenvalue weighted by Crippen LogP contribution is -2.23. The number of halogens is 1. The van der Waals surface area contributed by atoms with Crippen molar-refractivity contribution in [3.8, 4) is 0 Å². The SMILES string of the molecule is O=CC(=O)NCc1ccccc1Br. The summed E-state index contributed by atoms with van der Waals surface area (Å²) in [7, 11) is 0. The third-order valence-electron chi connectivity index (χ3n) is 1.52. The van der Waals surface area contributed by atoms with Gasteiger partial charge in [-0.3, -0.25) is 9.59 Å². The molecule has 68 valence electrons. The van der Waals surface area contributed by atoms with Crippen LogP contribution in [0.2, 0.25) is 0 Å². The van der Waals surface area contributed by atoms with Gasteiger partial charge in [0, 0.05) is 11.0 Å². The number of benzene rings is 1. The summed E-state index contributed by atoms with van der Waals surface area (Å²) in [6.45, 7) is 0.360. The lowest BCUT2D eigenvalue weighted by atomic mass is 10.2. The standard InChI is InChI=1S/C9H8BrNO2/c10-8-4-2-1-3-7(8)5-11-9(13)6-12/h1-4,6H,5H2,(H,11,13). The molecule has 13 heavy (non-hydrogen) atoms. The molecule has 1 N–H and O–H groups in total. The quantitative estimate of drug-likeness (QED) is 0.640. The van der Waals surface area contributed by atoms with Gasteiger partial charge in [-0.1, -0.05) is 34.1 Å². The first-order valence-corrected chi connectivity index (χ1v) is 4.49. The Morgan fingerprint density at radius 3 is 2.77 bits per heavy atom. The van der Waals surface area contributed by atoms with Crippen molar-refractivity contribution in [3.63, 3.8) is 0 Å². The summed E-state index contributed by atoms with van der Waals surface area (Å²) in [5.74, 6) is -0.601. The molecule has 3 nitrogen and oxygen atoms in total. The molecule has 1 amide bonds. The van der Waals surface area contributed by atoms with Crippen LogP contribution < -0.4 is 5.32 Å². The van der Waals surface area contributed by atoms with Crippen molar-refractivity contribution >= 4 is 28.1 Å². The van der Waals surface area contributed by atoms with E-state index in [1.165, 1.54) is 0 Å². The smallest absolute Gasteiger partial charge is 0.284 e. The molecule has 0 heterocycles. The van der Waals surface area contributed by atoms with Gasteiger partial charge in [-0.25, -0.2) is 0 Å². The average Bonchev–Trinajstić information content (AvgIpc) is 2.16. The topological polar surface area (TPSA) is 46.2 Å². The van der Waals surface area contributed by atoms with Crippen molar-refractivity contribution in [2.24, 2.45) is 0 Å². The molecular formula is C9H8BrNO2. The van der Waals surface area contributed by atoms with Gasteiger partial charge in [-0.05, 0) is 11.6 Å². The Labute approximate surface area is 84.3 Å². The number of carbonyl (C=O) groups excluding carboxylic acids is 2. The molecule has 1 aromatic carbocycles. The molecule has 0 aliphatic carbocycles. The Bertz CT molecular complexity index is 325. The van der Waals surface area contributed by atoms with Gasteiger partial charge in [0.15, 0.2) is 0 Å². The molecule has 0 saturated carbocycles. The van der Waals surface area contributed by atoms with E-state index in [4.69, 9.17) is 0 Å². The van der Waals surface area contributed by atoms with E-state index in [0.717, 1.165) is 10.0 Å². The van der Waals surface area contributed by atoms with E-state index >= 15 is 0 Å². The fourth-order valence-electron chi connectivity index (χ4n) is 0.866. The van der Waals surface area contributed by atoms with Crippen molar-refractivity contribution in [3.05, 3.63) is 34.3 Å². The second-order valence-corrected chi connectivity index (χ2v) is 3.28. The van der Waals surface area contributed by atoms with Crippen molar-refractivity contribution in [1.82, 2.24) is 5.32 Å². The maximum absolute atomic E-state index is 10.6. The van der Waals surface area contributed by atoms with Crippen LogP contribution in [0.5, 0.6) is 0 Å². The largest absolute Gasteiger partial charge is 0.346 e. The Hall–Kier alpha value is -1.16. The summed E-state index contributed by atoms with van der Waals surface area (Å²) in [6, 6.07) is 7.50. The molecule has 0 fully saturated rings. The monoisotopic (exact) mass is 241 g/mol. The number of amides is 1. The third-order valence-corrected chi connectivity index (χ3v) is 2.29. The minimum absolute atomic E-state index is 0.261. The highest BCUT2D eigenvalue weighted by Gasteiger charge is 2.00. The van der Waals surface area contributed by atoms with Crippen LogP contribution in [0.3, 0.4) is 0 Å². The van der Waals surface area contributed by atoms with Gasteiger partial charge in [-0.15, -0.1) is 0 Å². The maximum Gasteiger partial charge on any atom is 0.284 e. The maximum atomic E-state index is 10.6. The summed E-state index contributed by atoms with van der Waals surface area (Å²) in [5, 5.41) is 2.45. The number of nitrogens with one attached hydrogen (secondary N) is 1. The second-order valence-electron chi connectivity index (χ2n) is 2.43. The van der Waals surface area contributed by atoms with Gasteiger partial charge >= 0.3 is 0 Å². The Morgan fingerprint density at radius 2 is 2.15 bits per heavy atom. The van der Waals surface area contributed by atoms with Crippen molar-refractivity contribution < 1.29 is 9.59 Å². The number of rotatable bonds is 3. The molecule has 4 heteroatoms. The Kier molecular flexibility index (Phi) is 3.64. The number of aldehydes is 1. The van der Waals surface area contributed by atoms with E-state index < -0.39 is 5.91 Å². The van der Waals surface area contributed by atoms with Crippen LogP contribution >= 0.6 is 15.9 Å². The van der Waals surface area contributed by atoms with Crippen LogP contribution in [0.25, 0.3) is 0 Å². The van der Waals surface area contributed by atoms with E-state index in [2.05, 4.69) is 21.2 Å². The molecule has 0 bridgehead atoms. The zero-order valence-electron chi connectivity index (χ0n) is 6.79. The summed E-state index contributed by atoms with van der Waals surface area (Å²) >= 11 is 3.33. The van der Waals surface area contributed by atoms with Gasteiger partial charge in [0.2, 0.25) is 6.29 Å². The van der Waals surface area contributed by atoms with Crippen LogP contribution in [0.4, 0.5) is 0 Å². The fraction of sp³-hybridized carbons (Fsp3) is 0.111. The van der Waals surface area contributed by atoms with Crippen LogP contribution in [-0.2, 0) is 16.1 Å². The zero-order valence-corrected chi connectivity index (χ0v) is 8.37. The lowest BCUT2D eigenvalue weighted by molar-refractivity contribution is -0.131. The van der Waals surface area contributed by atoms with Gasteiger partial charge in [-0.2, -0.15) is 0 Å². The van der Waals surface area contributed by atoms with E-state index in [-0.39, 0.29) is 6.29 Å². The Morgan fingerprint density at radius 1 is 1.46 bits per heavy atom. The molecule has 0 atom stereocenters. The molecule has 0 unspecified atom stereocenters. The number of hydrogen-bond donors (Lipinski definition) is 1. The Balaban J connectivity index is 2.59. The van der Waals surface area contributed by atoms with Gasteiger partial charge < -0.3 is 5.32 Å². The molecular weight excluding hydrogens is 234 g/mol. The van der Waals surface area contributed by atoms with Crippen molar-refractivity contribution in [2.75, 3.05) is 0 Å². The predicted molar refractivity (Wildman–Crippen MR) is 52.1 cm³/mol. The fourth-order valence-corrected chi connectivity index (χ4v) is 1.29. The van der Waals surface area contributed by atoms with E-state index in [1.54, 1.807) is 0 Å². The highest BCUT2D eigenvalue weighted by molar-refractivity contribution is 9.10. The third kappa shape index (κ3) is 2.99.